The second-order valence-corrected chi connectivity index (χ2v) is 3.82. The van der Waals surface area contributed by atoms with Crippen LogP contribution in [0.3, 0.4) is 0 Å². The summed E-state index contributed by atoms with van der Waals surface area (Å²) in [5.74, 6) is 0.211. The molecule has 1 amide bonds. The third kappa shape index (κ3) is 3.18. The average molecular weight is 252 g/mol. The highest BCUT2D eigenvalue weighted by Gasteiger charge is 2.05. The van der Waals surface area contributed by atoms with Crippen LogP contribution in [0.15, 0.2) is 30.7 Å². The number of hydrogen-bond acceptors (Lipinski definition) is 4. The van der Waals surface area contributed by atoms with E-state index < -0.39 is 0 Å². The summed E-state index contributed by atoms with van der Waals surface area (Å²) in [4.78, 5) is 15.5. The Morgan fingerprint density at radius 1 is 1.47 bits per heavy atom. The maximum atomic E-state index is 11.6. The largest absolute Gasteiger partial charge is 0.396 e. The van der Waals surface area contributed by atoms with Crippen molar-refractivity contribution in [1.82, 2.24) is 14.8 Å². The van der Waals surface area contributed by atoms with Crippen LogP contribution < -0.4 is 11.1 Å². The first-order valence-corrected chi connectivity index (χ1v) is 5.20. The number of carbonyl (C=O) groups excluding carboxylic acids is 1. The van der Waals surface area contributed by atoms with E-state index in [1.165, 1.54) is 17.1 Å². The molecule has 2 aromatic rings. The van der Waals surface area contributed by atoms with Gasteiger partial charge in [0.1, 0.15) is 12.4 Å². The molecule has 88 valence electrons. The number of nitrogen functional groups attached to an aromatic ring is 1. The van der Waals surface area contributed by atoms with Gasteiger partial charge in [0.25, 0.3) is 0 Å². The zero-order chi connectivity index (χ0) is 12.3. The molecule has 0 aliphatic heterocycles. The van der Waals surface area contributed by atoms with Gasteiger partial charge in [0.15, 0.2) is 0 Å². The number of hydrogen-bond donors (Lipinski definition) is 2. The summed E-state index contributed by atoms with van der Waals surface area (Å²) in [5, 5.41) is 7.03. The lowest BCUT2D eigenvalue weighted by molar-refractivity contribution is -0.116. The molecular formula is C10H10ClN5O. The molecule has 2 heterocycles. The molecule has 3 N–H and O–H groups in total. The van der Waals surface area contributed by atoms with Crippen LogP contribution in [0, 0.1) is 0 Å². The van der Waals surface area contributed by atoms with E-state index in [2.05, 4.69) is 15.4 Å². The van der Waals surface area contributed by atoms with Gasteiger partial charge in [-0.1, -0.05) is 11.6 Å². The number of aromatic nitrogens is 3. The molecule has 0 bridgehead atoms. The molecule has 2 aromatic heterocycles. The van der Waals surface area contributed by atoms with Crippen molar-refractivity contribution < 1.29 is 4.79 Å². The number of rotatable bonds is 3. The highest BCUT2D eigenvalue weighted by Crippen LogP contribution is 2.09. The normalized spacial score (nSPS) is 10.2. The molecule has 0 unspecified atom stereocenters. The number of anilines is 2. The number of amides is 1. The molecule has 6 nitrogen and oxygen atoms in total. The third-order valence-corrected chi connectivity index (χ3v) is 2.18. The predicted molar refractivity (Wildman–Crippen MR) is 64.5 cm³/mol. The Balaban J connectivity index is 1.95. The summed E-state index contributed by atoms with van der Waals surface area (Å²) in [6.45, 7) is 0.0848. The van der Waals surface area contributed by atoms with Crippen LogP contribution in [0.4, 0.5) is 11.5 Å². The lowest BCUT2D eigenvalue weighted by Crippen LogP contribution is -2.19. The van der Waals surface area contributed by atoms with E-state index in [0.717, 1.165) is 0 Å². The van der Waals surface area contributed by atoms with E-state index in [-0.39, 0.29) is 12.5 Å². The van der Waals surface area contributed by atoms with Crippen molar-refractivity contribution in [2.24, 2.45) is 0 Å². The number of pyridine rings is 1. The predicted octanol–water partition coefficient (Wildman–Crippen LogP) is 1.15. The number of nitrogens with two attached hydrogens (primary N) is 1. The fourth-order valence-electron chi connectivity index (χ4n) is 1.25. The molecule has 0 saturated heterocycles. The summed E-state index contributed by atoms with van der Waals surface area (Å²) >= 11 is 5.68. The number of halogens is 1. The van der Waals surface area contributed by atoms with Crippen LogP contribution in [0.1, 0.15) is 0 Å². The second-order valence-electron chi connectivity index (χ2n) is 3.38. The van der Waals surface area contributed by atoms with Gasteiger partial charge in [-0.3, -0.25) is 9.48 Å². The van der Waals surface area contributed by atoms with Gasteiger partial charge < -0.3 is 11.1 Å². The van der Waals surface area contributed by atoms with Crippen LogP contribution >= 0.6 is 11.6 Å². The van der Waals surface area contributed by atoms with Crippen LogP contribution in [0.5, 0.6) is 0 Å². The van der Waals surface area contributed by atoms with Crippen LogP contribution in [-0.4, -0.2) is 20.7 Å². The minimum atomic E-state index is -0.233. The van der Waals surface area contributed by atoms with Gasteiger partial charge in [0.2, 0.25) is 5.91 Å². The molecule has 0 atom stereocenters. The molecule has 0 aliphatic rings. The molecular weight excluding hydrogens is 242 g/mol. The summed E-state index contributed by atoms with van der Waals surface area (Å²) in [7, 11) is 0. The lowest BCUT2D eigenvalue weighted by Gasteiger charge is -2.04. The van der Waals surface area contributed by atoms with Gasteiger partial charge in [-0.15, -0.1) is 0 Å². The Kier molecular flexibility index (Phi) is 3.24. The highest BCUT2D eigenvalue weighted by molar-refractivity contribution is 6.30. The third-order valence-electron chi connectivity index (χ3n) is 1.95. The quantitative estimate of drug-likeness (QED) is 0.857. The minimum Gasteiger partial charge on any atom is -0.396 e. The minimum absolute atomic E-state index is 0.0848. The number of nitrogens with zero attached hydrogens (tertiary/aromatic N) is 3. The fourth-order valence-corrected chi connectivity index (χ4v) is 1.36. The van der Waals surface area contributed by atoms with Crippen LogP contribution in [0.25, 0.3) is 0 Å². The average Bonchev–Trinajstić information content (AvgIpc) is 2.67. The van der Waals surface area contributed by atoms with E-state index in [1.807, 2.05) is 0 Å². The summed E-state index contributed by atoms with van der Waals surface area (Å²) in [6.07, 6.45) is 4.52. The zero-order valence-electron chi connectivity index (χ0n) is 8.80. The maximum Gasteiger partial charge on any atom is 0.247 e. The van der Waals surface area contributed by atoms with E-state index >= 15 is 0 Å². The first-order chi connectivity index (χ1) is 8.13. The Bertz CT molecular complexity index is 522. The molecule has 0 fully saturated rings. The topological polar surface area (TPSA) is 85.8 Å². The molecule has 17 heavy (non-hydrogen) atoms. The first kappa shape index (κ1) is 11.4. The monoisotopic (exact) mass is 251 g/mol. The van der Waals surface area contributed by atoms with E-state index in [9.17, 15) is 4.79 Å². The van der Waals surface area contributed by atoms with Crippen LogP contribution in [-0.2, 0) is 11.3 Å². The Hall–Kier alpha value is -2.08. The lowest BCUT2D eigenvalue weighted by atomic mass is 10.4. The Labute approximate surface area is 102 Å². The number of nitrogens with one attached hydrogen (secondary N) is 1. The summed E-state index contributed by atoms with van der Waals surface area (Å²) in [6, 6.07) is 3.27. The zero-order valence-corrected chi connectivity index (χ0v) is 9.55. The van der Waals surface area contributed by atoms with E-state index in [0.29, 0.717) is 16.5 Å². The molecule has 0 radical (unpaired) electrons. The van der Waals surface area contributed by atoms with Gasteiger partial charge in [0, 0.05) is 12.4 Å². The van der Waals surface area contributed by atoms with Crippen molar-refractivity contribution in [3.05, 3.63) is 35.7 Å². The highest BCUT2D eigenvalue weighted by atomic mass is 35.5. The SMILES string of the molecule is Nc1cnn(CC(=O)Nc2ccc(Cl)cn2)c1. The van der Waals surface area contributed by atoms with Gasteiger partial charge in [-0.2, -0.15) is 5.10 Å². The molecule has 2 rings (SSSR count). The second kappa shape index (κ2) is 4.84. The van der Waals surface area contributed by atoms with Crippen LogP contribution in [0.2, 0.25) is 5.02 Å². The maximum absolute atomic E-state index is 11.6. The van der Waals surface area contributed by atoms with Crippen molar-refractivity contribution in [2.75, 3.05) is 11.1 Å². The van der Waals surface area contributed by atoms with Crippen molar-refractivity contribution >= 4 is 29.0 Å². The molecule has 7 heteroatoms. The van der Waals surface area contributed by atoms with Crippen molar-refractivity contribution in [2.45, 2.75) is 6.54 Å². The Morgan fingerprint density at radius 3 is 2.88 bits per heavy atom. The Morgan fingerprint density at radius 2 is 2.29 bits per heavy atom. The van der Waals surface area contributed by atoms with Gasteiger partial charge in [-0.05, 0) is 12.1 Å². The first-order valence-electron chi connectivity index (χ1n) is 4.83. The smallest absolute Gasteiger partial charge is 0.247 e. The molecule has 0 aromatic carbocycles. The van der Waals surface area contributed by atoms with E-state index in [1.54, 1.807) is 18.3 Å². The molecule has 0 spiro atoms. The van der Waals surface area contributed by atoms with Gasteiger partial charge in [-0.25, -0.2) is 4.98 Å². The van der Waals surface area contributed by atoms with Crippen molar-refractivity contribution in [3.8, 4) is 0 Å². The standard InChI is InChI=1S/C10H10ClN5O/c11-7-1-2-9(13-3-7)15-10(17)6-16-5-8(12)4-14-16/h1-5H,6,12H2,(H,13,15,17). The molecule has 0 aliphatic carbocycles. The van der Waals surface area contributed by atoms with E-state index in [4.69, 9.17) is 17.3 Å². The number of carbonyl (C=O) groups is 1. The molecule has 0 saturated carbocycles. The fraction of sp³-hybridized carbons (Fsp3) is 0.100. The van der Waals surface area contributed by atoms with Crippen molar-refractivity contribution in [3.63, 3.8) is 0 Å². The van der Waals surface area contributed by atoms with Gasteiger partial charge in [0.05, 0.1) is 16.9 Å². The summed E-state index contributed by atoms with van der Waals surface area (Å²) < 4.78 is 1.45. The van der Waals surface area contributed by atoms with Crippen molar-refractivity contribution in [1.29, 1.82) is 0 Å². The summed E-state index contributed by atoms with van der Waals surface area (Å²) in [5.41, 5.74) is 6.00. The van der Waals surface area contributed by atoms with Gasteiger partial charge >= 0.3 is 0 Å².